The highest BCUT2D eigenvalue weighted by Gasteiger charge is 2.36. The van der Waals surface area contributed by atoms with E-state index in [1.807, 2.05) is 11.0 Å². The number of nitrogens with zero attached hydrogens (tertiary/aromatic N) is 1. The molecule has 1 unspecified atom stereocenters. The van der Waals surface area contributed by atoms with E-state index in [-0.39, 0.29) is 18.2 Å². The Morgan fingerprint density at radius 3 is 2.76 bits per heavy atom. The summed E-state index contributed by atoms with van der Waals surface area (Å²) < 4.78 is 12.1. The molecule has 0 aromatic heterocycles. The lowest BCUT2D eigenvalue weighted by Crippen LogP contribution is -2.50. The monoisotopic (exact) mass is 421 g/mol. The number of hydrogen-bond acceptors (Lipinski definition) is 3. The Kier molecular flexibility index (Phi) is 5.03. The van der Waals surface area contributed by atoms with Crippen molar-refractivity contribution in [2.24, 2.45) is 0 Å². The fourth-order valence-corrected chi connectivity index (χ4v) is 4.01. The Morgan fingerprint density at radius 1 is 1.29 bits per heavy atom. The second-order valence-corrected chi connectivity index (χ2v) is 6.89. The quantitative estimate of drug-likeness (QED) is 0.688. The molecular formula is C15H17ClINO3. The van der Waals surface area contributed by atoms with Crippen LogP contribution in [0.25, 0.3) is 0 Å². The summed E-state index contributed by atoms with van der Waals surface area (Å²) in [5.74, 6) is 0.0415. The number of amides is 1. The number of likely N-dealkylation sites (tertiary alicyclic amines) is 1. The van der Waals surface area contributed by atoms with Crippen LogP contribution in [0, 0.1) is 3.57 Å². The third-order valence-electron chi connectivity index (χ3n) is 3.93. The lowest BCUT2D eigenvalue weighted by atomic mass is 10.00. The molecule has 0 N–H and O–H groups in total. The first-order chi connectivity index (χ1) is 10.2. The fourth-order valence-electron chi connectivity index (χ4n) is 2.91. The zero-order valence-electron chi connectivity index (χ0n) is 11.6. The largest absolute Gasteiger partial charge is 0.348 e. The molecule has 1 amide bonds. The maximum absolute atomic E-state index is 12.9. The molecule has 0 aliphatic carbocycles. The smallest absolute Gasteiger partial charge is 0.255 e. The van der Waals surface area contributed by atoms with Gasteiger partial charge in [0.2, 0.25) is 0 Å². The van der Waals surface area contributed by atoms with Gasteiger partial charge in [-0.05, 0) is 60.1 Å². The Morgan fingerprint density at radius 2 is 2.05 bits per heavy atom. The number of hydrogen-bond donors (Lipinski definition) is 0. The van der Waals surface area contributed by atoms with Gasteiger partial charge in [0.15, 0.2) is 6.29 Å². The van der Waals surface area contributed by atoms with Crippen molar-refractivity contribution in [3.63, 3.8) is 0 Å². The van der Waals surface area contributed by atoms with E-state index in [0.717, 1.165) is 29.4 Å². The zero-order valence-corrected chi connectivity index (χ0v) is 14.5. The van der Waals surface area contributed by atoms with Gasteiger partial charge in [-0.2, -0.15) is 0 Å². The standard InChI is InChI=1S/C15H17ClINO3/c16-10-4-5-11(12(17)9-10)14(19)18-6-2-1-3-13(18)15-20-7-8-21-15/h4-5,9,13,15H,1-3,6-8H2. The molecule has 2 fully saturated rings. The van der Waals surface area contributed by atoms with E-state index >= 15 is 0 Å². The van der Waals surface area contributed by atoms with Crippen LogP contribution in [0.5, 0.6) is 0 Å². The van der Waals surface area contributed by atoms with Crippen LogP contribution in [-0.4, -0.2) is 42.9 Å². The Hall–Kier alpha value is -0.370. The van der Waals surface area contributed by atoms with E-state index in [1.54, 1.807) is 12.1 Å². The summed E-state index contributed by atoms with van der Waals surface area (Å²) in [5, 5.41) is 0.647. The topological polar surface area (TPSA) is 38.8 Å². The predicted molar refractivity (Wildman–Crippen MR) is 88.5 cm³/mol. The van der Waals surface area contributed by atoms with Gasteiger partial charge in [-0.15, -0.1) is 0 Å². The molecule has 0 saturated carbocycles. The van der Waals surface area contributed by atoms with E-state index in [0.29, 0.717) is 23.8 Å². The lowest BCUT2D eigenvalue weighted by molar-refractivity contribution is -0.100. The lowest BCUT2D eigenvalue weighted by Gasteiger charge is -2.38. The second kappa shape index (κ2) is 6.81. The molecular weight excluding hydrogens is 405 g/mol. The summed E-state index contributed by atoms with van der Waals surface area (Å²) in [4.78, 5) is 14.8. The van der Waals surface area contributed by atoms with E-state index in [2.05, 4.69) is 22.6 Å². The maximum Gasteiger partial charge on any atom is 0.255 e. The molecule has 1 atom stereocenters. The Balaban J connectivity index is 1.83. The van der Waals surface area contributed by atoms with Gasteiger partial charge in [0.05, 0.1) is 24.8 Å². The normalized spacial score (nSPS) is 23.5. The van der Waals surface area contributed by atoms with Gasteiger partial charge in [-0.25, -0.2) is 0 Å². The van der Waals surface area contributed by atoms with Crippen molar-refractivity contribution in [3.8, 4) is 0 Å². The third kappa shape index (κ3) is 3.36. The van der Waals surface area contributed by atoms with Gasteiger partial charge in [0, 0.05) is 15.1 Å². The summed E-state index contributed by atoms with van der Waals surface area (Å²) in [7, 11) is 0. The summed E-state index contributed by atoms with van der Waals surface area (Å²) >= 11 is 8.13. The highest BCUT2D eigenvalue weighted by atomic mass is 127. The van der Waals surface area contributed by atoms with Crippen molar-refractivity contribution in [2.45, 2.75) is 31.6 Å². The van der Waals surface area contributed by atoms with Crippen LogP contribution in [0.15, 0.2) is 18.2 Å². The van der Waals surface area contributed by atoms with Crippen LogP contribution in [0.3, 0.4) is 0 Å². The van der Waals surface area contributed by atoms with Crippen molar-refractivity contribution in [3.05, 3.63) is 32.4 Å². The SMILES string of the molecule is O=C(c1ccc(Cl)cc1I)N1CCCCC1C1OCCO1. The highest BCUT2D eigenvalue weighted by molar-refractivity contribution is 14.1. The number of piperidine rings is 1. The summed E-state index contributed by atoms with van der Waals surface area (Å²) in [6.45, 7) is 1.98. The van der Waals surface area contributed by atoms with Crippen molar-refractivity contribution in [2.75, 3.05) is 19.8 Å². The number of ether oxygens (including phenoxy) is 2. The first kappa shape index (κ1) is 15.5. The van der Waals surface area contributed by atoms with Crippen molar-refractivity contribution >= 4 is 40.1 Å². The van der Waals surface area contributed by atoms with E-state index in [9.17, 15) is 4.79 Å². The molecule has 2 heterocycles. The number of carbonyl (C=O) groups is 1. The molecule has 0 spiro atoms. The molecule has 21 heavy (non-hydrogen) atoms. The molecule has 4 nitrogen and oxygen atoms in total. The van der Waals surface area contributed by atoms with Gasteiger partial charge in [0.25, 0.3) is 5.91 Å². The first-order valence-corrected chi connectivity index (χ1v) is 8.62. The first-order valence-electron chi connectivity index (χ1n) is 7.16. The number of rotatable bonds is 2. The van der Waals surface area contributed by atoms with E-state index in [1.165, 1.54) is 0 Å². The van der Waals surface area contributed by atoms with Gasteiger partial charge in [-0.3, -0.25) is 4.79 Å². The van der Waals surface area contributed by atoms with Gasteiger partial charge in [-0.1, -0.05) is 11.6 Å². The molecule has 114 valence electrons. The summed E-state index contributed by atoms with van der Waals surface area (Å²) in [5.41, 5.74) is 0.699. The third-order valence-corrected chi connectivity index (χ3v) is 5.06. The minimum atomic E-state index is -0.279. The van der Waals surface area contributed by atoms with Crippen molar-refractivity contribution in [1.29, 1.82) is 0 Å². The van der Waals surface area contributed by atoms with Crippen LogP contribution < -0.4 is 0 Å². The highest BCUT2D eigenvalue weighted by Crippen LogP contribution is 2.27. The molecule has 0 bridgehead atoms. The van der Waals surface area contributed by atoms with Crippen LogP contribution in [0.1, 0.15) is 29.6 Å². The van der Waals surface area contributed by atoms with Gasteiger partial charge < -0.3 is 14.4 Å². The fraction of sp³-hybridized carbons (Fsp3) is 0.533. The number of halogens is 2. The average Bonchev–Trinajstić information content (AvgIpc) is 3.01. The van der Waals surface area contributed by atoms with E-state index < -0.39 is 0 Å². The van der Waals surface area contributed by atoms with Crippen LogP contribution in [-0.2, 0) is 9.47 Å². The van der Waals surface area contributed by atoms with Gasteiger partial charge >= 0.3 is 0 Å². The summed E-state index contributed by atoms with van der Waals surface area (Å²) in [6.07, 6.45) is 2.79. The Bertz CT molecular complexity index is 534. The molecule has 2 saturated heterocycles. The number of benzene rings is 1. The molecule has 3 rings (SSSR count). The zero-order chi connectivity index (χ0) is 14.8. The van der Waals surface area contributed by atoms with Gasteiger partial charge in [0.1, 0.15) is 0 Å². The summed E-state index contributed by atoms with van der Waals surface area (Å²) in [6, 6.07) is 5.39. The van der Waals surface area contributed by atoms with Crippen molar-refractivity contribution in [1.82, 2.24) is 4.90 Å². The second-order valence-electron chi connectivity index (χ2n) is 5.30. The predicted octanol–water partition coefficient (Wildman–Crippen LogP) is 3.31. The molecule has 0 radical (unpaired) electrons. The van der Waals surface area contributed by atoms with Crippen molar-refractivity contribution < 1.29 is 14.3 Å². The van der Waals surface area contributed by atoms with Crippen LogP contribution in [0.2, 0.25) is 5.02 Å². The Labute approximate surface area is 142 Å². The van der Waals surface area contributed by atoms with Crippen LogP contribution >= 0.6 is 34.2 Å². The maximum atomic E-state index is 12.9. The molecule has 1 aromatic carbocycles. The minimum absolute atomic E-state index is 0.0141. The average molecular weight is 422 g/mol. The molecule has 2 aliphatic heterocycles. The molecule has 1 aromatic rings. The number of carbonyl (C=O) groups excluding carboxylic acids is 1. The minimum Gasteiger partial charge on any atom is -0.348 e. The molecule has 6 heteroatoms. The molecule has 2 aliphatic rings. The van der Waals surface area contributed by atoms with E-state index in [4.69, 9.17) is 21.1 Å². The van der Waals surface area contributed by atoms with Crippen LogP contribution in [0.4, 0.5) is 0 Å².